The number of hydrogen-bond donors (Lipinski definition) is 0. The average molecular weight is 211 g/mol. The summed E-state index contributed by atoms with van der Waals surface area (Å²) in [4.78, 5) is 10.8. The van der Waals surface area contributed by atoms with Crippen LogP contribution in [0, 0.1) is 6.92 Å². The first-order chi connectivity index (χ1) is 6.63. The van der Waals surface area contributed by atoms with E-state index < -0.39 is 0 Å². The highest BCUT2D eigenvalue weighted by atomic mass is 35.5. The van der Waals surface area contributed by atoms with Crippen molar-refractivity contribution >= 4 is 23.6 Å². The Hall–Kier alpha value is -1.28. The van der Waals surface area contributed by atoms with Gasteiger partial charge in [-0.05, 0) is 24.6 Å². The number of carbonyl (C=O) groups excluding carboxylic acids is 1. The van der Waals surface area contributed by atoms with E-state index in [1.807, 2.05) is 19.1 Å². The van der Waals surface area contributed by atoms with Crippen LogP contribution in [0.3, 0.4) is 0 Å². The molecule has 0 heterocycles. The molecule has 0 amide bonds. The highest BCUT2D eigenvalue weighted by Gasteiger charge is 1.97. The molecule has 0 bridgehead atoms. The lowest BCUT2D eigenvalue weighted by Gasteiger charge is -1.99. The van der Waals surface area contributed by atoms with Crippen LogP contribution in [0.5, 0.6) is 0 Å². The van der Waals surface area contributed by atoms with Gasteiger partial charge in [-0.15, -0.1) is 0 Å². The van der Waals surface area contributed by atoms with Gasteiger partial charge in [0.15, 0.2) is 0 Å². The first kappa shape index (κ1) is 10.8. The molecule has 0 aromatic heterocycles. The van der Waals surface area contributed by atoms with Gasteiger partial charge in [-0.1, -0.05) is 29.3 Å². The molecule has 0 aliphatic rings. The van der Waals surface area contributed by atoms with E-state index in [1.165, 1.54) is 13.2 Å². The Kier molecular flexibility index (Phi) is 3.72. The molecule has 14 heavy (non-hydrogen) atoms. The normalized spacial score (nSPS) is 10.5. The molecule has 0 unspecified atom stereocenters. The minimum Gasteiger partial charge on any atom is -0.466 e. The lowest BCUT2D eigenvalue weighted by molar-refractivity contribution is -0.134. The maximum absolute atomic E-state index is 10.8. The van der Waals surface area contributed by atoms with E-state index in [4.69, 9.17) is 11.6 Å². The first-order valence-electron chi connectivity index (χ1n) is 4.15. The molecule has 0 aliphatic carbocycles. The van der Waals surface area contributed by atoms with Crippen LogP contribution in [0.2, 0.25) is 5.02 Å². The number of benzene rings is 1. The molecule has 0 fully saturated rings. The van der Waals surface area contributed by atoms with Gasteiger partial charge in [-0.25, -0.2) is 4.79 Å². The molecule has 0 radical (unpaired) electrons. The van der Waals surface area contributed by atoms with Crippen LogP contribution < -0.4 is 0 Å². The van der Waals surface area contributed by atoms with Gasteiger partial charge >= 0.3 is 5.97 Å². The summed E-state index contributed by atoms with van der Waals surface area (Å²) in [7, 11) is 1.34. The third-order valence-electron chi connectivity index (χ3n) is 1.75. The van der Waals surface area contributed by atoms with Crippen molar-refractivity contribution in [3.05, 3.63) is 40.4 Å². The largest absolute Gasteiger partial charge is 0.466 e. The van der Waals surface area contributed by atoms with Gasteiger partial charge in [-0.2, -0.15) is 0 Å². The Balaban J connectivity index is 2.90. The van der Waals surface area contributed by atoms with Crippen molar-refractivity contribution in [3.8, 4) is 0 Å². The lowest BCUT2D eigenvalue weighted by atomic mass is 10.1. The molecule has 0 saturated heterocycles. The van der Waals surface area contributed by atoms with Crippen molar-refractivity contribution < 1.29 is 9.53 Å². The van der Waals surface area contributed by atoms with E-state index in [0.29, 0.717) is 5.02 Å². The maximum Gasteiger partial charge on any atom is 0.330 e. The standard InChI is InChI=1S/C11H11ClO2/c1-8-3-5-10(12)9(7-8)4-6-11(13)14-2/h3-7H,1-2H3. The van der Waals surface area contributed by atoms with Crippen LogP contribution in [0.25, 0.3) is 6.08 Å². The fourth-order valence-corrected chi connectivity index (χ4v) is 1.20. The monoisotopic (exact) mass is 210 g/mol. The molecule has 0 atom stereocenters. The SMILES string of the molecule is COC(=O)C=Cc1cc(C)ccc1Cl. The number of esters is 1. The van der Waals surface area contributed by atoms with Crippen LogP contribution in [0.4, 0.5) is 0 Å². The second-order valence-electron chi connectivity index (χ2n) is 2.88. The molecule has 0 N–H and O–H groups in total. The third-order valence-corrected chi connectivity index (χ3v) is 2.10. The minimum atomic E-state index is -0.387. The van der Waals surface area contributed by atoms with Gasteiger partial charge in [0.05, 0.1) is 7.11 Å². The number of rotatable bonds is 2. The summed E-state index contributed by atoms with van der Waals surface area (Å²) >= 11 is 5.92. The predicted octanol–water partition coefficient (Wildman–Crippen LogP) is 2.83. The molecule has 3 heteroatoms. The number of carbonyl (C=O) groups is 1. The molecule has 1 aromatic carbocycles. The fourth-order valence-electron chi connectivity index (χ4n) is 1.02. The zero-order chi connectivity index (χ0) is 10.6. The van der Waals surface area contributed by atoms with Crippen LogP contribution in [-0.4, -0.2) is 13.1 Å². The molecule has 0 saturated carbocycles. The summed E-state index contributed by atoms with van der Waals surface area (Å²) in [6, 6.07) is 5.62. The van der Waals surface area contributed by atoms with E-state index in [0.717, 1.165) is 11.1 Å². The third kappa shape index (κ3) is 2.89. The fraction of sp³-hybridized carbons (Fsp3) is 0.182. The van der Waals surface area contributed by atoms with Crippen molar-refractivity contribution in [2.75, 3.05) is 7.11 Å². The van der Waals surface area contributed by atoms with Crippen LogP contribution >= 0.6 is 11.6 Å². The van der Waals surface area contributed by atoms with Crippen molar-refractivity contribution in [3.63, 3.8) is 0 Å². The quantitative estimate of drug-likeness (QED) is 0.554. The number of ether oxygens (including phenoxy) is 1. The zero-order valence-corrected chi connectivity index (χ0v) is 8.84. The second kappa shape index (κ2) is 4.82. The van der Waals surface area contributed by atoms with Gasteiger partial charge in [-0.3, -0.25) is 0 Å². The number of aryl methyl sites for hydroxylation is 1. The van der Waals surface area contributed by atoms with Crippen molar-refractivity contribution in [2.45, 2.75) is 6.92 Å². The first-order valence-corrected chi connectivity index (χ1v) is 4.53. The van der Waals surface area contributed by atoms with E-state index >= 15 is 0 Å². The van der Waals surface area contributed by atoms with E-state index in [1.54, 1.807) is 12.1 Å². The minimum absolute atomic E-state index is 0.387. The Morgan fingerprint density at radius 2 is 2.21 bits per heavy atom. The maximum atomic E-state index is 10.8. The van der Waals surface area contributed by atoms with Gasteiger partial charge < -0.3 is 4.74 Å². The van der Waals surface area contributed by atoms with Crippen LogP contribution in [0.1, 0.15) is 11.1 Å². The topological polar surface area (TPSA) is 26.3 Å². The Bertz CT molecular complexity index is 370. The van der Waals surface area contributed by atoms with Crippen LogP contribution in [0.15, 0.2) is 24.3 Å². The van der Waals surface area contributed by atoms with Crippen molar-refractivity contribution in [2.24, 2.45) is 0 Å². The average Bonchev–Trinajstić information content (AvgIpc) is 2.19. The molecule has 1 aromatic rings. The Labute approximate surface area is 88.1 Å². The lowest BCUT2D eigenvalue weighted by Crippen LogP contribution is -1.93. The summed E-state index contributed by atoms with van der Waals surface area (Å²) in [5.41, 5.74) is 1.91. The number of methoxy groups -OCH3 is 1. The summed E-state index contributed by atoms with van der Waals surface area (Å²) in [6.45, 7) is 1.96. The zero-order valence-electron chi connectivity index (χ0n) is 8.08. The predicted molar refractivity (Wildman–Crippen MR) is 57.2 cm³/mol. The van der Waals surface area contributed by atoms with Crippen molar-refractivity contribution in [1.82, 2.24) is 0 Å². The highest BCUT2D eigenvalue weighted by Crippen LogP contribution is 2.18. The van der Waals surface area contributed by atoms with Gasteiger partial charge in [0.25, 0.3) is 0 Å². The Morgan fingerprint density at radius 1 is 1.50 bits per heavy atom. The molecule has 74 valence electrons. The Morgan fingerprint density at radius 3 is 2.86 bits per heavy atom. The van der Waals surface area contributed by atoms with Crippen molar-refractivity contribution in [1.29, 1.82) is 0 Å². The molecule has 1 rings (SSSR count). The summed E-state index contributed by atoms with van der Waals surface area (Å²) in [5, 5.41) is 0.621. The molecule has 0 aliphatic heterocycles. The smallest absolute Gasteiger partial charge is 0.330 e. The highest BCUT2D eigenvalue weighted by molar-refractivity contribution is 6.32. The summed E-state index contributed by atoms with van der Waals surface area (Å²) in [5.74, 6) is -0.387. The number of halogens is 1. The molecular weight excluding hydrogens is 200 g/mol. The second-order valence-corrected chi connectivity index (χ2v) is 3.29. The summed E-state index contributed by atoms with van der Waals surface area (Å²) in [6.07, 6.45) is 2.99. The van der Waals surface area contributed by atoms with Gasteiger partial charge in [0.2, 0.25) is 0 Å². The van der Waals surface area contributed by atoms with Crippen LogP contribution in [-0.2, 0) is 9.53 Å². The van der Waals surface area contributed by atoms with Gasteiger partial charge in [0, 0.05) is 11.1 Å². The van der Waals surface area contributed by atoms with E-state index in [9.17, 15) is 4.79 Å². The summed E-state index contributed by atoms with van der Waals surface area (Å²) < 4.78 is 4.47. The van der Waals surface area contributed by atoms with Gasteiger partial charge in [0.1, 0.15) is 0 Å². The molecular formula is C11H11ClO2. The van der Waals surface area contributed by atoms with E-state index in [2.05, 4.69) is 4.74 Å². The molecule has 2 nitrogen and oxygen atoms in total. The molecule has 0 spiro atoms. The number of hydrogen-bond acceptors (Lipinski definition) is 2. The van der Waals surface area contributed by atoms with E-state index in [-0.39, 0.29) is 5.97 Å².